The summed E-state index contributed by atoms with van der Waals surface area (Å²) in [5.74, 6) is 0.176. The van der Waals surface area contributed by atoms with Gasteiger partial charge in [-0.25, -0.2) is 4.79 Å². The summed E-state index contributed by atoms with van der Waals surface area (Å²) in [5.41, 5.74) is 0.427. The van der Waals surface area contributed by atoms with Crippen molar-refractivity contribution in [2.24, 2.45) is 5.92 Å². The zero-order valence-corrected chi connectivity index (χ0v) is 14.8. The second kappa shape index (κ2) is 7.88. The van der Waals surface area contributed by atoms with Crippen molar-refractivity contribution in [1.29, 1.82) is 0 Å². The first-order valence-corrected chi connectivity index (χ1v) is 8.33. The highest BCUT2D eigenvalue weighted by molar-refractivity contribution is 6.36. The third-order valence-corrected chi connectivity index (χ3v) is 4.54. The molecule has 1 saturated heterocycles. The summed E-state index contributed by atoms with van der Waals surface area (Å²) in [6.07, 6.45) is 1.77. The summed E-state index contributed by atoms with van der Waals surface area (Å²) in [4.78, 5) is 27.5. The van der Waals surface area contributed by atoms with E-state index in [1.165, 1.54) is 0 Å². The van der Waals surface area contributed by atoms with Gasteiger partial charge in [0.25, 0.3) is 5.91 Å². The summed E-state index contributed by atoms with van der Waals surface area (Å²) in [6, 6.07) is 4.87. The van der Waals surface area contributed by atoms with Crippen LogP contribution in [0.4, 0.5) is 4.79 Å². The maximum Gasteiger partial charge on any atom is 0.319 e. The van der Waals surface area contributed by atoms with Crippen LogP contribution in [0.5, 0.6) is 0 Å². The molecule has 1 aliphatic heterocycles. The van der Waals surface area contributed by atoms with E-state index in [2.05, 4.69) is 5.32 Å². The summed E-state index contributed by atoms with van der Waals surface area (Å²) in [7, 11) is 3.51. The molecule has 23 heavy (non-hydrogen) atoms. The van der Waals surface area contributed by atoms with Gasteiger partial charge < -0.3 is 15.1 Å². The minimum Gasteiger partial charge on any atom is -0.352 e. The molecule has 5 nitrogen and oxygen atoms in total. The minimum atomic E-state index is -0.196. The lowest BCUT2D eigenvalue weighted by Crippen LogP contribution is -2.45. The van der Waals surface area contributed by atoms with Crippen LogP contribution in [-0.4, -0.2) is 55.5 Å². The van der Waals surface area contributed by atoms with Gasteiger partial charge in [0.05, 0.1) is 10.6 Å². The second-order valence-electron chi connectivity index (χ2n) is 5.94. The summed E-state index contributed by atoms with van der Waals surface area (Å²) < 4.78 is 0. The molecule has 3 amide bonds. The highest BCUT2D eigenvalue weighted by Gasteiger charge is 2.24. The summed E-state index contributed by atoms with van der Waals surface area (Å²) in [6.45, 7) is 2.03. The number of benzene rings is 1. The zero-order chi connectivity index (χ0) is 17.0. The number of rotatable bonds is 3. The fourth-order valence-electron chi connectivity index (χ4n) is 2.62. The number of likely N-dealkylation sites (tertiary alicyclic amines) is 1. The van der Waals surface area contributed by atoms with Crippen molar-refractivity contribution in [3.8, 4) is 0 Å². The predicted molar refractivity (Wildman–Crippen MR) is 92.2 cm³/mol. The third kappa shape index (κ3) is 4.75. The van der Waals surface area contributed by atoms with Crippen molar-refractivity contribution in [2.45, 2.75) is 12.8 Å². The van der Waals surface area contributed by atoms with Crippen LogP contribution < -0.4 is 5.32 Å². The second-order valence-corrected chi connectivity index (χ2v) is 6.79. The molecule has 0 aliphatic carbocycles. The Bertz CT molecular complexity index is 585. The fraction of sp³-hybridized carbons (Fsp3) is 0.500. The largest absolute Gasteiger partial charge is 0.352 e. The molecular weight excluding hydrogens is 337 g/mol. The van der Waals surface area contributed by atoms with Gasteiger partial charge in [-0.1, -0.05) is 23.2 Å². The van der Waals surface area contributed by atoms with Crippen molar-refractivity contribution < 1.29 is 9.59 Å². The molecule has 0 radical (unpaired) electrons. The molecule has 0 atom stereocenters. The summed E-state index contributed by atoms with van der Waals surface area (Å²) >= 11 is 11.9. The standard InChI is InChI=1S/C16H21Cl2N3O2/c1-20(2)16(23)21-7-5-11(6-8-21)10-19-15(22)13-4-3-12(17)9-14(13)18/h3-4,9,11H,5-8,10H2,1-2H3,(H,19,22). The average Bonchev–Trinajstić information content (AvgIpc) is 2.52. The van der Waals surface area contributed by atoms with Gasteiger partial charge in [-0.15, -0.1) is 0 Å². The van der Waals surface area contributed by atoms with Crippen LogP contribution in [-0.2, 0) is 0 Å². The molecule has 1 aromatic carbocycles. The van der Waals surface area contributed by atoms with Gasteiger partial charge in [-0.05, 0) is 37.0 Å². The Labute approximate surface area is 146 Å². The molecule has 1 N–H and O–H groups in total. The molecule has 0 spiro atoms. The smallest absolute Gasteiger partial charge is 0.319 e. The van der Waals surface area contributed by atoms with Crippen LogP contribution in [0.1, 0.15) is 23.2 Å². The van der Waals surface area contributed by atoms with Crippen molar-refractivity contribution >= 4 is 35.1 Å². The van der Waals surface area contributed by atoms with Crippen LogP contribution in [0.3, 0.4) is 0 Å². The van der Waals surface area contributed by atoms with Crippen molar-refractivity contribution in [1.82, 2.24) is 15.1 Å². The normalized spacial score (nSPS) is 15.4. The molecule has 126 valence electrons. The SMILES string of the molecule is CN(C)C(=O)N1CCC(CNC(=O)c2ccc(Cl)cc2Cl)CC1. The first-order valence-electron chi connectivity index (χ1n) is 7.58. The average molecular weight is 358 g/mol. The number of nitrogens with zero attached hydrogens (tertiary/aromatic N) is 2. The number of piperidine rings is 1. The van der Waals surface area contributed by atoms with Gasteiger partial charge in [0, 0.05) is 38.8 Å². The van der Waals surface area contributed by atoms with E-state index in [9.17, 15) is 9.59 Å². The number of hydrogen-bond donors (Lipinski definition) is 1. The summed E-state index contributed by atoms with van der Waals surface area (Å²) in [5, 5.41) is 3.77. The molecule has 0 bridgehead atoms. The van der Waals surface area contributed by atoms with Gasteiger partial charge >= 0.3 is 6.03 Å². The number of hydrogen-bond acceptors (Lipinski definition) is 2. The van der Waals surface area contributed by atoms with Gasteiger partial charge in [0.2, 0.25) is 0 Å². The number of carbonyl (C=O) groups is 2. The van der Waals surface area contributed by atoms with Gasteiger partial charge in [0.1, 0.15) is 0 Å². The van der Waals surface area contributed by atoms with Crippen LogP contribution in [0.25, 0.3) is 0 Å². The Morgan fingerprint density at radius 1 is 1.26 bits per heavy atom. The topological polar surface area (TPSA) is 52.7 Å². The first-order chi connectivity index (χ1) is 10.9. The Morgan fingerprint density at radius 3 is 2.48 bits per heavy atom. The third-order valence-electron chi connectivity index (χ3n) is 3.99. The highest BCUT2D eigenvalue weighted by atomic mass is 35.5. The van der Waals surface area contributed by atoms with Crippen molar-refractivity contribution in [3.05, 3.63) is 33.8 Å². The fourth-order valence-corrected chi connectivity index (χ4v) is 3.11. The molecule has 1 heterocycles. The van der Waals surface area contributed by atoms with E-state index < -0.39 is 0 Å². The number of urea groups is 1. The molecule has 0 saturated carbocycles. The lowest BCUT2D eigenvalue weighted by atomic mass is 9.97. The number of amides is 3. The van der Waals surface area contributed by atoms with Crippen molar-refractivity contribution in [2.75, 3.05) is 33.7 Å². The van der Waals surface area contributed by atoms with E-state index in [4.69, 9.17) is 23.2 Å². The van der Waals surface area contributed by atoms with E-state index >= 15 is 0 Å². The number of nitrogens with one attached hydrogen (secondary N) is 1. The molecule has 0 aromatic heterocycles. The maximum atomic E-state index is 12.2. The Balaban J connectivity index is 1.81. The molecule has 2 rings (SSSR count). The lowest BCUT2D eigenvalue weighted by molar-refractivity contribution is 0.0935. The monoisotopic (exact) mass is 357 g/mol. The Hall–Kier alpha value is -1.46. The van der Waals surface area contributed by atoms with E-state index in [0.29, 0.717) is 28.1 Å². The first kappa shape index (κ1) is 17.9. The van der Waals surface area contributed by atoms with E-state index in [1.807, 2.05) is 4.90 Å². The molecule has 1 aromatic rings. The Kier molecular flexibility index (Phi) is 6.13. The van der Waals surface area contributed by atoms with Crippen molar-refractivity contribution in [3.63, 3.8) is 0 Å². The quantitative estimate of drug-likeness (QED) is 0.903. The lowest BCUT2D eigenvalue weighted by Gasteiger charge is -2.33. The van der Waals surface area contributed by atoms with E-state index in [1.54, 1.807) is 37.2 Å². The molecule has 7 heteroatoms. The molecule has 0 unspecified atom stereocenters. The number of carbonyl (C=O) groups excluding carboxylic acids is 2. The van der Waals surface area contributed by atoms with Crippen LogP contribution >= 0.6 is 23.2 Å². The van der Waals surface area contributed by atoms with E-state index in [0.717, 1.165) is 25.9 Å². The van der Waals surface area contributed by atoms with Gasteiger partial charge in [-0.3, -0.25) is 4.79 Å². The van der Waals surface area contributed by atoms with Gasteiger partial charge in [0.15, 0.2) is 0 Å². The predicted octanol–water partition coefficient (Wildman–Crippen LogP) is 3.12. The van der Waals surface area contributed by atoms with Gasteiger partial charge in [-0.2, -0.15) is 0 Å². The number of halogens is 2. The minimum absolute atomic E-state index is 0.0421. The van der Waals surface area contributed by atoms with Crippen LogP contribution in [0, 0.1) is 5.92 Å². The van der Waals surface area contributed by atoms with Crippen LogP contribution in [0.2, 0.25) is 10.0 Å². The molecular formula is C16H21Cl2N3O2. The molecule has 1 fully saturated rings. The molecule has 1 aliphatic rings. The van der Waals surface area contributed by atoms with Crippen LogP contribution in [0.15, 0.2) is 18.2 Å². The highest BCUT2D eigenvalue weighted by Crippen LogP contribution is 2.21. The zero-order valence-electron chi connectivity index (χ0n) is 13.3. The maximum absolute atomic E-state index is 12.2. The van der Waals surface area contributed by atoms with E-state index in [-0.39, 0.29) is 11.9 Å². The Morgan fingerprint density at radius 2 is 1.91 bits per heavy atom.